The van der Waals surface area contributed by atoms with Crippen LogP contribution in [-0.4, -0.2) is 353 Å². The van der Waals surface area contributed by atoms with Gasteiger partial charge in [0.05, 0.1) is 77.8 Å². The van der Waals surface area contributed by atoms with Crippen LogP contribution < -0.4 is 31.9 Å². The van der Waals surface area contributed by atoms with Gasteiger partial charge in [0.1, 0.15) is 0 Å². The Morgan fingerprint density at radius 1 is 0.194 bits per heavy atom. The number of hydrogen-bond donors (Lipinski definition) is 6. The molecular formula is C96H166N18O30. The van der Waals surface area contributed by atoms with E-state index in [4.69, 9.17) is 29.0 Å². The van der Waals surface area contributed by atoms with E-state index in [1.807, 2.05) is 0 Å². The topological polar surface area (TPSA) is 576 Å². The number of hydroxylamine groups is 12. The van der Waals surface area contributed by atoms with E-state index in [1.165, 1.54) is 38.5 Å². The van der Waals surface area contributed by atoms with E-state index in [9.17, 15) is 115 Å². The first-order valence-corrected chi connectivity index (χ1v) is 50.8. The summed E-state index contributed by atoms with van der Waals surface area (Å²) < 4.78 is 0. The van der Waals surface area contributed by atoms with E-state index in [0.29, 0.717) is 142 Å². The van der Waals surface area contributed by atoms with Crippen LogP contribution >= 0.6 is 0 Å². The SMILES string of the molecule is C[C@@H]1CCC[C@H](C)N1C[13C](=O)[15NH][13CH2][13CH2][13C](=O)ON1C(=O)CCC1=O.C[C@@H]1CCC[C@H](C)N1[13CH2][13C](=O)[15NH][13CH2][13CH2]C(=O)ON1C(=O)CCC1=O.[13CH3][13C@@H]1CCC[13C@H]([13CH3])N1CC(=O)[15NH]CCC(=O)ON1C(=O)CCC1=O.[13CH3][13C@@H]1CCC[13C@H]([13CH3])[15N]1CC(=O)NCCC(=O)ON1C(=O)CCC1=O.[13CH3][C@@H]1CCC[C@H]([13CH3])N1C[13C](=O)[15NH][13CH2]CC(=O)ON1C(=O)CCC1=O.[13CH3][C@@H]1CCC[C@H]([13CH3])N1[13CH2][13C](=O)[15NH]CCC(=O)ON1C(=O)CCC1=O.[HH].[HH].[HH].[HH].[HH].[HH].[HH].[HH]. The van der Waals surface area contributed by atoms with Crippen molar-refractivity contribution in [1.82, 2.24) is 91.7 Å². The normalized spacial score (nSPS) is 25.0. The van der Waals surface area contributed by atoms with Crippen molar-refractivity contribution in [2.45, 2.75) is 387 Å². The lowest BCUT2D eigenvalue weighted by molar-refractivity contribution is -0.197. The summed E-state index contributed by atoms with van der Waals surface area (Å²) in [6, 6.07) is 4.46. The summed E-state index contributed by atoms with van der Waals surface area (Å²) in [5.74, 6) is -11.2. The van der Waals surface area contributed by atoms with Crippen LogP contribution in [-0.2, 0) is 144 Å². The van der Waals surface area contributed by atoms with E-state index >= 15 is 0 Å². The summed E-state index contributed by atoms with van der Waals surface area (Å²) in [6.45, 7) is 27.9. The predicted octanol–water partition coefficient (Wildman–Crippen LogP) is 4.14. The molecule has 48 heteroatoms. The molecule has 0 saturated carbocycles. The molecule has 12 fully saturated rings. The van der Waals surface area contributed by atoms with Crippen molar-refractivity contribution in [3.63, 3.8) is 0 Å². The van der Waals surface area contributed by atoms with E-state index in [1.54, 1.807) is 0 Å². The number of nitrogens with one attached hydrogen (secondary N) is 6. The number of hydrogen-bond acceptors (Lipinski definition) is 36. The molecule has 0 aromatic carbocycles. The van der Waals surface area contributed by atoms with Crippen LogP contribution in [0.15, 0.2) is 0 Å². The molecule has 12 aliphatic heterocycles. The Kier molecular flexibility index (Phi) is 49.9. The van der Waals surface area contributed by atoms with Crippen LogP contribution in [0.25, 0.3) is 0 Å². The van der Waals surface area contributed by atoms with Crippen molar-refractivity contribution in [1.29, 1.82) is 0 Å². The lowest BCUT2D eigenvalue weighted by Crippen LogP contribution is -2.48. The second-order valence-corrected chi connectivity index (χ2v) is 38.7. The zero-order valence-corrected chi connectivity index (χ0v) is 85.5. The smallest absolute Gasteiger partial charge is 0.334 e. The molecule has 12 saturated heterocycles. The van der Waals surface area contributed by atoms with Gasteiger partial charge >= 0.3 is 35.8 Å². The van der Waals surface area contributed by atoms with Crippen molar-refractivity contribution in [2.75, 3.05) is 78.5 Å². The first-order valence-electron chi connectivity index (χ1n) is 50.8. The fourth-order valence-electron chi connectivity index (χ4n) is 18.7. The number of nitrogens with zero attached hydrogens (tertiary/aromatic N) is 12. The summed E-state index contributed by atoms with van der Waals surface area (Å²) in [4.78, 5) is 319. The van der Waals surface area contributed by atoms with Crippen LogP contribution in [0.4, 0.5) is 0 Å². The maximum absolute atomic E-state index is 12.0. The highest BCUT2D eigenvalue weighted by molar-refractivity contribution is 6.05. The second-order valence-electron chi connectivity index (χ2n) is 38.7. The first kappa shape index (κ1) is 119. The third-order valence-corrected chi connectivity index (χ3v) is 27.3. The number of likely N-dealkylation sites (tertiary alicyclic amines) is 6. The van der Waals surface area contributed by atoms with Crippen molar-refractivity contribution in [3.8, 4) is 0 Å². The van der Waals surface area contributed by atoms with E-state index in [-0.39, 0.29) is 202 Å². The van der Waals surface area contributed by atoms with E-state index in [2.05, 4.69) is 144 Å². The molecule has 48 nitrogen and oxygen atoms in total. The molecule has 12 aliphatic rings. The molecule has 0 bridgehead atoms. The molecule has 12 atom stereocenters. The molecule has 0 aromatic heterocycles. The molecule has 820 valence electrons. The molecule has 12 rings (SSSR count). The monoisotopic (exact) mass is 2080 g/mol. The molecule has 0 spiro atoms. The van der Waals surface area contributed by atoms with Crippen molar-refractivity contribution in [3.05, 3.63) is 0 Å². The average molecular weight is 2080 g/mol. The largest absolute Gasteiger partial charge is 0.354 e. The number of carbonyl (C=O) groups excluding carboxylic acids is 24. The van der Waals surface area contributed by atoms with Gasteiger partial charge in [-0.25, -0.2) is 28.8 Å². The summed E-state index contributed by atoms with van der Waals surface area (Å²) >= 11 is 0. The fourth-order valence-corrected chi connectivity index (χ4v) is 18.7. The number of imide groups is 6. The summed E-state index contributed by atoms with van der Waals surface area (Å²) in [5.41, 5.74) is 0. The minimum Gasteiger partial charge on any atom is -0.354 e. The molecule has 0 aliphatic carbocycles. The third kappa shape index (κ3) is 39.6. The highest BCUT2D eigenvalue weighted by atomic mass is 16.8. The van der Waals surface area contributed by atoms with Crippen LogP contribution in [0.1, 0.15) is 326 Å². The lowest BCUT2D eigenvalue weighted by Gasteiger charge is -2.38. The predicted molar refractivity (Wildman–Crippen MR) is 523 cm³/mol. The average Bonchev–Trinajstić information content (AvgIpc) is 1.81. The van der Waals surface area contributed by atoms with Gasteiger partial charge in [-0.05, 0) is 160 Å². The molecule has 0 unspecified atom stereocenters. The van der Waals surface area contributed by atoms with Crippen LogP contribution in [0, 0.1) is 0 Å². The molecule has 18 amide bonds. The molecular weight excluding hydrogens is 1910 g/mol. The summed E-state index contributed by atoms with van der Waals surface area (Å²) in [6.07, 6.45) is 20.3. The van der Waals surface area contributed by atoms with Crippen molar-refractivity contribution < 1.29 is 156 Å². The number of amides is 18. The maximum Gasteiger partial charge on any atom is 0.334 e. The highest BCUT2D eigenvalue weighted by Crippen LogP contribution is 2.29. The molecule has 6 N–H and O–H groups in total. The van der Waals surface area contributed by atoms with Gasteiger partial charge in [-0.1, -0.05) is 38.5 Å². The minimum absolute atomic E-state index is 0. The lowest BCUT2D eigenvalue weighted by atomic mass is 9.98. The Morgan fingerprint density at radius 2 is 0.292 bits per heavy atom. The maximum atomic E-state index is 12.0. The number of piperidine rings is 6. The Morgan fingerprint density at radius 3 is 0.389 bits per heavy atom. The zero-order chi connectivity index (χ0) is 106. The minimum atomic E-state index is -0.710. The standard InChI is InChI=1S/6C16H25N3O5.8H2/c6*1-11-4-3-5-12(2)18(11)10-13(20)17-9-8-16(23)24-19-14(21)6-7-15(19)22;;;;;;;;/h6*11-12H,3-10H2,1-2H3,(H,17,20);8*1H/t6*11-,12+;;;;;;;;/i8+1,9+1,13+1,16+1,17+1;8+1,9+1,10+1,13+1,17+1;1+1,2+1,11+1,12+1,18+1;1+1,2+1,11+1,12+1,17+1;1+1,2+1,10+1,13+1,17+1;1+1,2+1,9+1,13+1,17+1;;;;;;;;. The molecule has 0 radical (unpaired) electrons. The highest BCUT2D eigenvalue weighted by Gasteiger charge is 2.41. The molecule has 144 heavy (non-hydrogen) atoms. The Hall–Kier alpha value is -11.8. The Labute approximate surface area is 851 Å². The third-order valence-electron chi connectivity index (χ3n) is 27.3. The van der Waals surface area contributed by atoms with Crippen molar-refractivity contribution in [2.24, 2.45) is 0 Å². The van der Waals surface area contributed by atoms with Gasteiger partial charge in [-0.2, -0.15) is 0 Å². The quantitative estimate of drug-likeness (QED) is 0.0291. The van der Waals surface area contributed by atoms with Gasteiger partial charge in [0.15, 0.2) is 0 Å². The van der Waals surface area contributed by atoms with Gasteiger partial charge in [0.2, 0.25) is 35.4 Å². The van der Waals surface area contributed by atoms with Gasteiger partial charge in [0.25, 0.3) is 70.9 Å². The Bertz CT molecular complexity index is 3730. The molecule has 0 aromatic rings. The van der Waals surface area contributed by atoms with Crippen LogP contribution in [0.2, 0.25) is 0 Å². The van der Waals surface area contributed by atoms with E-state index < -0.39 is 107 Å². The van der Waals surface area contributed by atoms with Crippen LogP contribution in [0.5, 0.6) is 0 Å². The van der Waals surface area contributed by atoms with Gasteiger partial charge in [0, 0.05) is 200 Å². The second kappa shape index (κ2) is 60.2. The number of carbonyl (C=O) groups is 24. The zero-order valence-electron chi connectivity index (χ0n) is 85.5. The fraction of sp³-hybridized carbons (Fsp3) is 0.750. The van der Waals surface area contributed by atoms with E-state index in [0.717, 1.165) is 77.0 Å². The summed E-state index contributed by atoms with van der Waals surface area (Å²) in [7, 11) is 0. The first-order chi connectivity index (χ1) is 68.3. The molecule has 12 heterocycles. The van der Waals surface area contributed by atoms with Gasteiger partial charge in [-0.15, -0.1) is 30.4 Å². The van der Waals surface area contributed by atoms with Crippen molar-refractivity contribution >= 4 is 142 Å². The summed E-state index contributed by atoms with van der Waals surface area (Å²) in [5, 5.41) is 19.2. The van der Waals surface area contributed by atoms with Gasteiger partial charge in [-0.3, -0.25) is 116 Å². The number of rotatable bonds is 36. The van der Waals surface area contributed by atoms with Crippen LogP contribution in [0.3, 0.4) is 0 Å². The van der Waals surface area contributed by atoms with Gasteiger partial charge < -0.3 is 60.9 Å². The Balaban J connectivity index is 0.